The minimum atomic E-state index is -0.414. The number of hydrogen-bond donors (Lipinski definition) is 0. The summed E-state index contributed by atoms with van der Waals surface area (Å²) in [5.41, 5.74) is 3.84. The average molecular weight is 380 g/mol. The maximum Gasteiger partial charge on any atom is 0.337 e. The lowest BCUT2D eigenvalue weighted by atomic mass is 10.0. The second kappa shape index (κ2) is 6.89. The topological polar surface area (TPSA) is 31.2 Å². The number of halogens is 2. The Hall–Kier alpha value is -3.11. The van der Waals surface area contributed by atoms with E-state index >= 15 is 0 Å². The van der Waals surface area contributed by atoms with Crippen LogP contribution in [0.1, 0.15) is 10.4 Å². The molecule has 0 spiro atoms. The van der Waals surface area contributed by atoms with Crippen LogP contribution in [-0.4, -0.2) is 17.6 Å². The second-order valence-electron chi connectivity index (χ2n) is 6.09. The van der Waals surface area contributed by atoms with Crippen LogP contribution in [0.4, 0.5) is 4.39 Å². The first kappa shape index (κ1) is 17.3. The molecule has 3 nitrogen and oxygen atoms in total. The molecule has 0 atom stereocenters. The van der Waals surface area contributed by atoms with Crippen molar-refractivity contribution in [2.75, 3.05) is 7.11 Å². The monoisotopic (exact) mass is 379 g/mol. The van der Waals surface area contributed by atoms with Crippen LogP contribution in [0.25, 0.3) is 27.7 Å². The van der Waals surface area contributed by atoms with E-state index in [1.54, 1.807) is 24.3 Å². The maximum atomic E-state index is 13.4. The van der Waals surface area contributed by atoms with Gasteiger partial charge in [-0.2, -0.15) is 0 Å². The van der Waals surface area contributed by atoms with Crippen molar-refractivity contribution in [1.29, 1.82) is 0 Å². The van der Waals surface area contributed by atoms with E-state index in [4.69, 9.17) is 16.3 Å². The number of rotatable bonds is 3. The van der Waals surface area contributed by atoms with Crippen molar-refractivity contribution in [3.05, 3.63) is 89.3 Å². The summed E-state index contributed by atoms with van der Waals surface area (Å²) < 4.78 is 20.1. The van der Waals surface area contributed by atoms with Crippen molar-refractivity contribution in [2.45, 2.75) is 0 Å². The SMILES string of the molecule is COC(=O)c1ccc2c(-c3ccccc3Cl)cn(-c3ccc(F)cc3)c2c1. The Bertz CT molecular complexity index is 1150. The summed E-state index contributed by atoms with van der Waals surface area (Å²) in [5, 5.41) is 1.56. The third-order valence-corrected chi connectivity index (χ3v) is 4.83. The lowest BCUT2D eigenvalue weighted by Crippen LogP contribution is -2.01. The molecule has 0 fully saturated rings. The van der Waals surface area contributed by atoms with Crippen molar-refractivity contribution in [3.8, 4) is 16.8 Å². The first-order chi connectivity index (χ1) is 13.1. The minimum absolute atomic E-state index is 0.309. The van der Waals surface area contributed by atoms with Gasteiger partial charge in [0.25, 0.3) is 0 Å². The normalized spacial score (nSPS) is 10.9. The number of carbonyl (C=O) groups is 1. The summed E-state index contributed by atoms with van der Waals surface area (Å²) in [7, 11) is 1.35. The summed E-state index contributed by atoms with van der Waals surface area (Å²) >= 11 is 6.41. The number of benzene rings is 3. The van der Waals surface area contributed by atoms with E-state index in [-0.39, 0.29) is 5.82 Å². The molecule has 4 rings (SSSR count). The van der Waals surface area contributed by atoms with E-state index in [1.165, 1.54) is 19.2 Å². The van der Waals surface area contributed by atoms with Crippen LogP contribution in [0.5, 0.6) is 0 Å². The Balaban J connectivity index is 2.01. The van der Waals surface area contributed by atoms with E-state index in [0.717, 1.165) is 27.7 Å². The van der Waals surface area contributed by atoms with Crippen LogP contribution >= 0.6 is 11.6 Å². The van der Waals surface area contributed by atoms with Crippen molar-refractivity contribution >= 4 is 28.5 Å². The Morgan fingerprint density at radius 2 is 1.74 bits per heavy atom. The molecule has 1 heterocycles. The second-order valence-corrected chi connectivity index (χ2v) is 6.50. The summed E-state index contributed by atoms with van der Waals surface area (Å²) in [5.74, 6) is -0.722. The predicted octanol–water partition coefficient (Wildman–Crippen LogP) is 5.88. The van der Waals surface area contributed by atoms with Gasteiger partial charge in [0.05, 0.1) is 18.2 Å². The van der Waals surface area contributed by atoms with Crippen LogP contribution < -0.4 is 0 Å². The standard InChI is InChI=1S/C22H15ClFNO2/c1-27-22(26)14-6-11-18-19(17-4-2-3-5-20(17)23)13-25(21(18)12-14)16-9-7-15(24)8-10-16/h2-13H,1H3. The fraction of sp³-hybridized carbons (Fsp3) is 0.0455. The molecule has 0 saturated heterocycles. The number of carbonyl (C=O) groups excluding carboxylic acids is 1. The highest BCUT2D eigenvalue weighted by Crippen LogP contribution is 2.36. The first-order valence-corrected chi connectivity index (χ1v) is 8.70. The molecular weight excluding hydrogens is 365 g/mol. The largest absolute Gasteiger partial charge is 0.465 e. The predicted molar refractivity (Wildman–Crippen MR) is 105 cm³/mol. The van der Waals surface area contributed by atoms with Crippen LogP contribution in [0.2, 0.25) is 5.02 Å². The number of esters is 1. The smallest absolute Gasteiger partial charge is 0.337 e. The molecule has 0 unspecified atom stereocenters. The summed E-state index contributed by atoms with van der Waals surface area (Å²) in [6.07, 6.45) is 1.94. The molecule has 0 aliphatic rings. The van der Waals surface area contributed by atoms with Crippen molar-refractivity contribution in [3.63, 3.8) is 0 Å². The average Bonchev–Trinajstić information content (AvgIpc) is 3.07. The molecule has 134 valence electrons. The van der Waals surface area contributed by atoms with Gasteiger partial charge in [0.2, 0.25) is 0 Å². The van der Waals surface area contributed by atoms with Gasteiger partial charge in [0.15, 0.2) is 0 Å². The first-order valence-electron chi connectivity index (χ1n) is 8.33. The summed E-state index contributed by atoms with van der Waals surface area (Å²) in [6.45, 7) is 0. The summed E-state index contributed by atoms with van der Waals surface area (Å²) in [6, 6.07) is 19.1. The zero-order valence-corrected chi connectivity index (χ0v) is 15.2. The Morgan fingerprint density at radius 1 is 1.00 bits per heavy atom. The van der Waals surface area contributed by atoms with E-state index in [0.29, 0.717) is 10.6 Å². The zero-order valence-electron chi connectivity index (χ0n) is 14.4. The lowest BCUT2D eigenvalue weighted by Gasteiger charge is -2.06. The van der Waals surface area contributed by atoms with E-state index in [1.807, 2.05) is 41.1 Å². The number of aromatic nitrogens is 1. The Morgan fingerprint density at radius 3 is 2.44 bits per heavy atom. The number of hydrogen-bond acceptors (Lipinski definition) is 2. The van der Waals surface area contributed by atoms with Gasteiger partial charge in [-0.15, -0.1) is 0 Å². The molecule has 3 aromatic carbocycles. The van der Waals surface area contributed by atoms with E-state index in [2.05, 4.69) is 0 Å². The van der Waals surface area contributed by atoms with Gasteiger partial charge in [0.1, 0.15) is 5.82 Å². The zero-order chi connectivity index (χ0) is 19.0. The van der Waals surface area contributed by atoms with Gasteiger partial charge in [-0.25, -0.2) is 9.18 Å². The number of methoxy groups -OCH3 is 1. The molecule has 5 heteroatoms. The third kappa shape index (κ3) is 3.09. The van der Waals surface area contributed by atoms with Gasteiger partial charge in [-0.3, -0.25) is 0 Å². The fourth-order valence-electron chi connectivity index (χ4n) is 3.18. The molecule has 0 radical (unpaired) electrons. The molecule has 0 N–H and O–H groups in total. The highest BCUT2D eigenvalue weighted by atomic mass is 35.5. The highest BCUT2D eigenvalue weighted by Gasteiger charge is 2.16. The summed E-state index contributed by atoms with van der Waals surface area (Å²) in [4.78, 5) is 12.0. The Kier molecular flexibility index (Phi) is 4.42. The molecular formula is C22H15ClFNO2. The van der Waals surface area contributed by atoms with Crippen LogP contribution in [-0.2, 0) is 4.74 Å². The number of ether oxygens (including phenoxy) is 1. The van der Waals surface area contributed by atoms with Gasteiger partial charge in [-0.05, 0) is 42.5 Å². The van der Waals surface area contributed by atoms with Crippen molar-refractivity contribution in [2.24, 2.45) is 0 Å². The van der Waals surface area contributed by atoms with Gasteiger partial charge >= 0.3 is 5.97 Å². The maximum absolute atomic E-state index is 13.4. The highest BCUT2D eigenvalue weighted by molar-refractivity contribution is 6.33. The fourth-order valence-corrected chi connectivity index (χ4v) is 3.42. The number of fused-ring (bicyclic) bond motifs is 1. The van der Waals surface area contributed by atoms with E-state index in [9.17, 15) is 9.18 Å². The van der Waals surface area contributed by atoms with Crippen molar-refractivity contribution < 1.29 is 13.9 Å². The molecule has 0 bridgehead atoms. The molecule has 0 saturated carbocycles. The van der Waals surface area contributed by atoms with Crippen LogP contribution in [0.3, 0.4) is 0 Å². The molecule has 1 aromatic heterocycles. The Labute approximate surface area is 160 Å². The van der Waals surface area contributed by atoms with Crippen LogP contribution in [0.15, 0.2) is 72.9 Å². The van der Waals surface area contributed by atoms with Crippen molar-refractivity contribution in [1.82, 2.24) is 4.57 Å². The van der Waals surface area contributed by atoms with Gasteiger partial charge in [0, 0.05) is 33.4 Å². The molecule has 27 heavy (non-hydrogen) atoms. The number of nitrogens with zero attached hydrogens (tertiary/aromatic N) is 1. The molecule has 0 aliphatic heterocycles. The van der Waals surface area contributed by atoms with Gasteiger partial charge in [-0.1, -0.05) is 35.9 Å². The molecule has 0 amide bonds. The quantitative estimate of drug-likeness (QED) is 0.416. The molecule has 4 aromatic rings. The van der Waals surface area contributed by atoms with Gasteiger partial charge < -0.3 is 9.30 Å². The van der Waals surface area contributed by atoms with Crippen LogP contribution in [0, 0.1) is 5.82 Å². The minimum Gasteiger partial charge on any atom is -0.465 e. The molecule has 0 aliphatic carbocycles. The third-order valence-electron chi connectivity index (χ3n) is 4.50. The van der Waals surface area contributed by atoms with E-state index < -0.39 is 5.97 Å². The lowest BCUT2D eigenvalue weighted by molar-refractivity contribution is 0.0601.